The molecule has 0 heterocycles. The van der Waals surface area contributed by atoms with Crippen molar-refractivity contribution in [1.82, 2.24) is 5.32 Å². The largest absolute Gasteiger partial charge is 0.462 e. The molecule has 0 aliphatic rings. The molecule has 0 spiro atoms. The number of para-hydroxylation sites is 1. The molecule has 2 N–H and O–H groups in total. The summed E-state index contributed by atoms with van der Waals surface area (Å²) in [6.07, 6.45) is -0.373. The number of anilines is 1. The van der Waals surface area contributed by atoms with E-state index in [1.807, 2.05) is 6.07 Å². The van der Waals surface area contributed by atoms with Crippen molar-refractivity contribution >= 4 is 35.1 Å². The first-order chi connectivity index (χ1) is 12.5. The van der Waals surface area contributed by atoms with Gasteiger partial charge in [-0.3, -0.25) is 9.59 Å². The van der Waals surface area contributed by atoms with Crippen molar-refractivity contribution in [3.8, 4) is 0 Å². The number of carbonyl (C=O) groups is 3. The lowest BCUT2D eigenvalue weighted by Crippen LogP contribution is -2.28. The van der Waals surface area contributed by atoms with Crippen molar-refractivity contribution in [2.75, 3.05) is 11.9 Å². The first-order valence-corrected chi connectivity index (χ1v) is 8.45. The Morgan fingerprint density at radius 3 is 2.42 bits per heavy atom. The van der Waals surface area contributed by atoms with E-state index < -0.39 is 17.8 Å². The minimum atomic E-state index is -0.536. The molecule has 0 aliphatic heterocycles. The molecule has 26 heavy (non-hydrogen) atoms. The highest BCUT2D eigenvalue weighted by Crippen LogP contribution is 2.17. The number of benzene rings is 2. The zero-order valence-electron chi connectivity index (χ0n) is 14.3. The first kappa shape index (κ1) is 19.5. The summed E-state index contributed by atoms with van der Waals surface area (Å²) in [6.45, 7) is 2.15. The molecule has 0 saturated heterocycles. The number of hydrogen-bond donors (Lipinski definition) is 2. The van der Waals surface area contributed by atoms with Crippen LogP contribution in [0.3, 0.4) is 0 Å². The van der Waals surface area contributed by atoms with E-state index in [9.17, 15) is 14.4 Å². The van der Waals surface area contributed by atoms with Gasteiger partial charge in [-0.25, -0.2) is 4.79 Å². The van der Waals surface area contributed by atoms with Crippen LogP contribution in [0.15, 0.2) is 48.5 Å². The summed E-state index contributed by atoms with van der Waals surface area (Å²) in [5.74, 6) is -1.51. The third-order valence-corrected chi connectivity index (χ3v) is 3.82. The second kappa shape index (κ2) is 9.58. The molecule has 0 fully saturated rings. The van der Waals surface area contributed by atoms with Crippen molar-refractivity contribution in [3.05, 3.63) is 64.7 Å². The lowest BCUT2D eigenvalue weighted by Gasteiger charge is -2.11. The van der Waals surface area contributed by atoms with Gasteiger partial charge in [-0.05, 0) is 30.7 Å². The minimum absolute atomic E-state index is 0.227. The van der Waals surface area contributed by atoms with Gasteiger partial charge in [-0.1, -0.05) is 41.9 Å². The number of ether oxygens (including phenoxy) is 1. The Labute approximate surface area is 156 Å². The van der Waals surface area contributed by atoms with E-state index in [1.54, 1.807) is 49.4 Å². The van der Waals surface area contributed by atoms with Crippen LogP contribution >= 0.6 is 11.6 Å². The van der Waals surface area contributed by atoms with Crippen molar-refractivity contribution in [2.24, 2.45) is 0 Å². The molecule has 2 rings (SSSR count). The van der Waals surface area contributed by atoms with Crippen LogP contribution in [0.1, 0.15) is 29.3 Å². The van der Waals surface area contributed by atoms with Crippen LogP contribution in [-0.4, -0.2) is 24.4 Å². The Bertz CT molecular complexity index is 808. The third-order valence-electron chi connectivity index (χ3n) is 3.45. The van der Waals surface area contributed by atoms with Gasteiger partial charge in [-0.15, -0.1) is 0 Å². The Hall–Kier alpha value is -2.86. The summed E-state index contributed by atoms with van der Waals surface area (Å²) in [6, 6.07) is 13.6. The van der Waals surface area contributed by atoms with E-state index in [0.29, 0.717) is 10.7 Å². The molecule has 0 radical (unpaired) electrons. The van der Waals surface area contributed by atoms with Gasteiger partial charge in [0, 0.05) is 11.6 Å². The highest BCUT2D eigenvalue weighted by molar-refractivity contribution is 6.31. The predicted molar refractivity (Wildman–Crippen MR) is 98.9 cm³/mol. The van der Waals surface area contributed by atoms with E-state index in [0.717, 1.165) is 5.56 Å². The highest BCUT2D eigenvalue weighted by atomic mass is 35.5. The predicted octanol–water partition coefficient (Wildman–Crippen LogP) is 3.16. The summed E-state index contributed by atoms with van der Waals surface area (Å²) in [5, 5.41) is 5.74. The summed E-state index contributed by atoms with van der Waals surface area (Å²) in [4.78, 5) is 35.9. The maximum Gasteiger partial charge on any atom is 0.340 e. The van der Waals surface area contributed by atoms with Crippen LogP contribution in [0.4, 0.5) is 5.69 Å². The zero-order valence-corrected chi connectivity index (χ0v) is 15.0. The Morgan fingerprint density at radius 1 is 1.00 bits per heavy atom. The summed E-state index contributed by atoms with van der Waals surface area (Å²) in [5.41, 5.74) is 1.30. The average Bonchev–Trinajstić information content (AvgIpc) is 2.61. The fourth-order valence-corrected chi connectivity index (χ4v) is 2.42. The molecule has 0 atom stereocenters. The molecule has 0 bridgehead atoms. The van der Waals surface area contributed by atoms with E-state index >= 15 is 0 Å². The van der Waals surface area contributed by atoms with Crippen molar-refractivity contribution in [2.45, 2.75) is 19.9 Å². The standard InChI is InChI=1S/C19H19ClN2O4/c1-2-26-19(25)14-8-4-6-10-16(14)22-18(24)11-17(23)21-12-13-7-3-5-9-15(13)20/h3-10H,2,11-12H2,1H3,(H,21,23)(H,22,24). The number of amides is 2. The Balaban J connectivity index is 1.91. The first-order valence-electron chi connectivity index (χ1n) is 8.07. The van der Waals surface area contributed by atoms with Gasteiger partial charge in [-0.2, -0.15) is 0 Å². The van der Waals surface area contributed by atoms with Crippen LogP contribution in [-0.2, 0) is 20.9 Å². The average molecular weight is 375 g/mol. The minimum Gasteiger partial charge on any atom is -0.462 e. The van der Waals surface area contributed by atoms with Gasteiger partial charge in [0.15, 0.2) is 0 Å². The second-order valence-corrected chi connectivity index (χ2v) is 5.77. The fourth-order valence-electron chi connectivity index (χ4n) is 2.22. The molecule has 7 heteroatoms. The summed E-state index contributed by atoms with van der Waals surface area (Å²) < 4.78 is 4.95. The zero-order chi connectivity index (χ0) is 18.9. The molecule has 0 aromatic heterocycles. The van der Waals surface area contributed by atoms with Crippen molar-refractivity contribution in [1.29, 1.82) is 0 Å². The Kier molecular flexibility index (Phi) is 7.17. The van der Waals surface area contributed by atoms with Gasteiger partial charge >= 0.3 is 5.97 Å². The number of hydrogen-bond acceptors (Lipinski definition) is 4. The quantitative estimate of drug-likeness (QED) is 0.576. The van der Waals surface area contributed by atoms with E-state index in [4.69, 9.17) is 16.3 Å². The maximum atomic E-state index is 12.1. The lowest BCUT2D eigenvalue weighted by atomic mass is 10.1. The van der Waals surface area contributed by atoms with E-state index in [-0.39, 0.29) is 25.1 Å². The smallest absolute Gasteiger partial charge is 0.340 e. The molecule has 0 unspecified atom stereocenters. The number of nitrogens with one attached hydrogen (secondary N) is 2. The number of halogens is 1. The lowest BCUT2D eigenvalue weighted by molar-refractivity contribution is -0.126. The Morgan fingerprint density at radius 2 is 1.69 bits per heavy atom. The van der Waals surface area contributed by atoms with Crippen LogP contribution in [0.2, 0.25) is 5.02 Å². The van der Waals surface area contributed by atoms with Crippen LogP contribution in [0, 0.1) is 0 Å². The molecule has 0 saturated carbocycles. The number of rotatable bonds is 7. The highest BCUT2D eigenvalue weighted by Gasteiger charge is 2.15. The molecular formula is C19H19ClN2O4. The number of carbonyl (C=O) groups excluding carboxylic acids is 3. The van der Waals surface area contributed by atoms with Gasteiger partial charge in [0.2, 0.25) is 11.8 Å². The monoisotopic (exact) mass is 374 g/mol. The molecule has 2 amide bonds. The third kappa shape index (κ3) is 5.60. The van der Waals surface area contributed by atoms with Crippen LogP contribution < -0.4 is 10.6 Å². The van der Waals surface area contributed by atoms with E-state index in [2.05, 4.69) is 10.6 Å². The van der Waals surface area contributed by atoms with Crippen LogP contribution in [0.5, 0.6) is 0 Å². The van der Waals surface area contributed by atoms with Crippen molar-refractivity contribution in [3.63, 3.8) is 0 Å². The number of esters is 1. The molecule has 0 aliphatic carbocycles. The van der Waals surface area contributed by atoms with E-state index in [1.165, 1.54) is 0 Å². The van der Waals surface area contributed by atoms with Gasteiger partial charge in [0.25, 0.3) is 0 Å². The topological polar surface area (TPSA) is 84.5 Å². The fraction of sp³-hybridized carbons (Fsp3) is 0.211. The summed E-state index contributed by atoms with van der Waals surface area (Å²) in [7, 11) is 0. The molecule has 2 aromatic rings. The summed E-state index contributed by atoms with van der Waals surface area (Å²) >= 11 is 6.02. The van der Waals surface area contributed by atoms with Gasteiger partial charge < -0.3 is 15.4 Å². The van der Waals surface area contributed by atoms with Gasteiger partial charge in [0.1, 0.15) is 6.42 Å². The van der Waals surface area contributed by atoms with Crippen molar-refractivity contribution < 1.29 is 19.1 Å². The molecular weight excluding hydrogens is 356 g/mol. The van der Waals surface area contributed by atoms with Gasteiger partial charge in [0.05, 0.1) is 17.9 Å². The maximum absolute atomic E-state index is 12.1. The normalized spacial score (nSPS) is 10.1. The van der Waals surface area contributed by atoms with Crippen LogP contribution in [0.25, 0.3) is 0 Å². The molecule has 6 nitrogen and oxygen atoms in total. The SMILES string of the molecule is CCOC(=O)c1ccccc1NC(=O)CC(=O)NCc1ccccc1Cl. The second-order valence-electron chi connectivity index (χ2n) is 5.36. The molecule has 136 valence electrons. The molecule has 2 aromatic carbocycles.